The first-order chi connectivity index (χ1) is 12.1. The standard InChI is InChI=1S/C24H38O3/c1-11-12-23(7,8)18-13-17(27-21(26)16(2)3)14-19(20(18)25)24(9,10)15-22(4,5)6/h13-14,25H,2,11-12,15H2,1,3-10H3. The van der Waals surface area contributed by atoms with E-state index in [-0.39, 0.29) is 16.2 Å². The highest BCUT2D eigenvalue weighted by Crippen LogP contribution is 2.46. The lowest BCUT2D eigenvalue weighted by atomic mass is 9.70. The van der Waals surface area contributed by atoms with Gasteiger partial charge in [-0.15, -0.1) is 0 Å². The van der Waals surface area contributed by atoms with Crippen LogP contribution in [0.15, 0.2) is 24.3 Å². The van der Waals surface area contributed by atoms with Gasteiger partial charge < -0.3 is 9.84 Å². The Bertz CT molecular complexity index is 703. The summed E-state index contributed by atoms with van der Waals surface area (Å²) in [6, 6.07) is 3.62. The van der Waals surface area contributed by atoms with Crippen LogP contribution in [0.4, 0.5) is 0 Å². The Balaban J connectivity index is 3.61. The van der Waals surface area contributed by atoms with Crippen molar-refractivity contribution in [2.45, 2.75) is 92.4 Å². The minimum atomic E-state index is -0.445. The molecule has 0 atom stereocenters. The van der Waals surface area contributed by atoms with Crippen LogP contribution in [0.25, 0.3) is 0 Å². The van der Waals surface area contributed by atoms with Crippen molar-refractivity contribution < 1.29 is 14.6 Å². The number of phenols is 1. The number of phenolic OH excluding ortho intramolecular Hbond substituents is 1. The lowest BCUT2D eigenvalue weighted by Gasteiger charge is -2.35. The van der Waals surface area contributed by atoms with Crippen LogP contribution in [-0.4, -0.2) is 11.1 Å². The Morgan fingerprint density at radius 3 is 1.93 bits per heavy atom. The van der Waals surface area contributed by atoms with Crippen LogP contribution in [0, 0.1) is 5.41 Å². The lowest BCUT2D eigenvalue weighted by molar-refractivity contribution is -0.130. The number of ether oxygens (including phenoxy) is 1. The van der Waals surface area contributed by atoms with Crippen molar-refractivity contribution in [2.24, 2.45) is 5.41 Å². The quantitative estimate of drug-likeness (QED) is 0.329. The zero-order chi connectivity index (χ0) is 21.2. The average Bonchev–Trinajstić information content (AvgIpc) is 2.45. The molecule has 3 heteroatoms. The van der Waals surface area contributed by atoms with Crippen LogP contribution in [0.5, 0.6) is 11.5 Å². The molecule has 152 valence electrons. The zero-order valence-electron chi connectivity index (χ0n) is 18.7. The Kier molecular flexibility index (Phi) is 6.96. The van der Waals surface area contributed by atoms with Gasteiger partial charge in [-0.1, -0.05) is 68.4 Å². The summed E-state index contributed by atoms with van der Waals surface area (Å²) in [5.41, 5.74) is 1.60. The smallest absolute Gasteiger partial charge is 0.338 e. The SMILES string of the molecule is C=C(C)C(=O)Oc1cc(C(C)(C)CCC)c(O)c(C(C)(C)CC(C)(C)C)c1. The molecule has 0 aliphatic heterocycles. The molecule has 0 radical (unpaired) electrons. The summed E-state index contributed by atoms with van der Waals surface area (Å²) in [5, 5.41) is 11.2. The maximum Gasteiger partial charge on any atom is 0.338 e. The molecule has 1 N–H and O–H groups in total. The van der Waals surface area contributed by atoms with Crippen molar-refractivity contribution >= 4 is 5.97 Å². The number of hydrogen-bond acceptors (Lipinski definition) is 3. The fourth-order valence-corrected chi connectivity index (χ4v) is 4.07. The molecule has 0 aliphatic rings. The third-order valence-electron chi connectivity index (χ3n) is 4.95. The summed E-state index contributed by atoms with van der Waals surface area (Å²) < 4.78 is 5.56. The molecule has 0 aromatic heterocycles. The van der Waals surface area contributed by atoms with E-state index in [0.29, 0.717) is 17.1 Å². The maximum atomic E-state index is 12.1. The molecular formula is C24H38O3. The lowest BCUT2D eigenvalue weighted by Crippen LogP contribution is -2.26. The van der Waals surface area contributed by atoms with Crippen LogP contribution in [0.3, 0.4) is 0 Å². The fourth-order valence-electron chi connectivity index (χ4n) is 4.07. The van der Waals surface area contributed by atoms with Gasteiger partial charge in [-0.3, -0.25) is 0 Å². The van der Waals surface area contributed by atoms with E-state index in [4.69, 9.17) is 4.74 Å². The number of benzene rings is 1. The molecule has 27 heavy (non-hydrogen) atoms. The molecule has 0 bridgehead atoms. The van der Waals surface area contributed by atoms with Gasteiger partial charge >= 0.3 is 5.97 Å². The molecule has 0 amide bonds. The van der Waals surface area contributed by atoms with Crippen LogP contribution in [-0.2, 0) is 15.6 Å². The Morgan fingerprint density at radius 1 is 1.04 bits per heavy atom. The summed E-state index contributed by atoms with van der Waals surface area (Å²) >= 11 is 0. The molecule has 0 heterocycles. The highest BCUT2D eigenvalue weighted by atomic mass is 16.5. The minimum absolute atomic E-state index is 0.0967. The summed E-state index contributed by atoms with van der Waals surface area (Å²) in [4.78, 5) is 12.1. The molecule has 0 saturated carbocycles. The summed E-state index contributed by atoms with van der Waals surface area (Å²) in [6.45, 7) is 22.5. The molecule has 0 unspecified atom stereocenters. The van der Waals surface area contributed by atoms with Crippen LogP contribution < -0.4 is 4.74 Å². The van der Waals surface area contributed by atoms with Gasteiger partial charge in [-0.25, -0.2) is 4.79 Å². The molecule has 0 fully saturated rings. The Morgan fingerprint density at radius 2 is 1.52 bits per heavy atom. The van der Waals surface area contributed by atoms with Crippen molar-refractivity contribution in [2.75, 3.05) is 0 Å². The molecule has 0 saturated heterocycles. The van der Waals surface area contributed by atoms with E-state index in [0.717, 1.165) is 30.4 Å². The molecular weight excluding hydrogens is 336 g/mol. The number of aromatic hydroxyl groups is 1. The number of carbonyl (C=O) groups is 1. The van der Waals surface area contributed by atoms with Crippen molar-refractivity contribution in [3.8, 4) is 11.5 Å². The molecule has 0 aliphatic carbocycles. The molecule has 1 aromatic carbocycles. The predicted octanol–water partition coefficient (Wildman–Crippen LogP) is 6.67. The first-order valence-corrected chi connectivity index (χ1v) is 9.86. The second kappa shape index (κ2) is 8.08. The van der Waals surface area contributed by atoms with E-state index in [1.807, 2.05) is 12.1 Å². The van der Waals surface area contributed by atoms with Crippen molar-refractivity contribution in [1.29, 1.82) is 0 Å². The van der Waals surface area contributed by atoms with Crippen LogP contribution in [0.1, 0.15) is 92.7 Å². The third kappa shape index (κ3) is 6.12. The maximum absolute atomic E-state index is 12.1. The molecule has 1 rings (SSSR count). The number of hydrogen-bond donors (Lipinski definition) is 1. The number of esters is 1. The van der Waals surface area contributed by atoms with E-state index in [9.17, 15) is 9.90 Å². The van der Waals surface area contributed by atoms with Gasteiger partial charge in [0.2, 0.25) is 0 Å². The van der Waals surface area contributed by atoms with Gasteiger partial charge in [0.25, 0.3) is 0 Å². The van der Waals surface area contributed by atoms with Crippen molar-refractivity contribution in [3.63, 3.8) is 0 Å². The highest BCUT2D eigenvalue weighted by molar-refractivity contribution is 5.88. The van der Waals surface area contributed by atoms with Gasteiger partial charge in [0.1, 0.15) is 11.5 Å². The topological polar surface area (TPSA) is 46.5 Å². The number of rotatable bonds is 7. The van der Waals surface area contributed by atoms with Crippen molar-refractivity contribution in [1.82, 2.24) is 0 Å². The fraction of sp³-hybridized carbons (Fsp3) is 0.625. The Labute approximate surface area is 165 Å². The first kappa shape index (κ1) is 23.3. The van der Waals surface area contributed by atoms with Gasteiger partial charge in [0.15, 0.2) is 0 Å². The summed E-state index contributed by atoms with van der Waals surface area (Å²) in [6.07, 6.45) is 2.82. The molecule has 1 aromatic rings. The van der Waals surface area contributed by atoms with Gasteiger partial charge in [-0.2, -0.15) is 0 Å². The van der Waals surface area contributed by atoms with Crippen LogP contribution >= 0.6 is 0 Å². The molecule has 0 spiro atoms. The van der Waals surface area contributed by atoms with E-state index in [1.165, 1.54) is 0 Å². The van der Waals surface area contributed by atoms with E-state index < -0.39 is 5.97 Å². The summed E-state index contributed by atoms with van der Waals surface area (Å²) in [7, 11) is 0. The zero-order valence-corrected chi connectivity index (χ0v) is 18.7. The van der Waals surface area contributed by atoms with E-state index in [2.05, 4.69) is 62.0 Å². The second-order valence-corrected chi connectivity index (χ2v) is 10.3. The Hall–Kier alpha value is -1.77. The third-order valence-corrected chi connectivity index (χ3v) is 4.95. The minimum Gasteiger partial charge on any atom is -0.507 e. The number of carbonyl (C=O) groups excluding carboxylic acids is 1. The molecule has 3 nitrogen and oxygen atoms in total. The van der Waals surface area contributed by atoms with Crippen molar-refractivity contribution in [3.05, 3.63) is 35.4 Å². The van der Waals surface area contributed by atoms with E-state index >= 15 is 0 Å². The normalized spacial score (nSPS) is 12.8. The second-order valence-electron chi connectivity index (χ2n) is 10.3. The van der Waals surface area contributed by atoms with Gasteiger partial charge in [0.05, 0.1) is 0 Å². The highest BCUT2D eigenvalue weighted by Gasteiger charge is 2.34. The average molecular weight is 375 g/mol. The van der Waals surface area contributed by atoms with Gasteiger partial charge in [-0.05, 0) is 48.1 Å². The van der Waals surface area contributed by atoms with Crippen LogP contribution in [0.2, 0.25) is 0 Å². The first-order valence-electron chi connectivity index (χ1n) is 9.86. The predicted molar refractivity (Wildman–Crippen MR) is 114 cm³/mol. The van der Waals surface area contributed by atoms with E-state index in [1.54, 1.807) is 6.92 Å². The largest absolute Gasteiger partial charge is 0.507 e. The van der Waals surface area contributed by atoms with Gasteiger partial charge in [0, 0.05) is 16.7 Å². The monoisotopic (exact) mass is 374 g/mol. The summed E-state index contributed by atoms with van der Waals surface area (Å²) in [5.74, 6) is 0.342.